The maximum Gasteiger partial charge on any atom is 0.328 e. The van der Waals surface area contributed by atoms with Crippen molar-refractivity contribution in [3.8, 4) is 0 Å². The maximum absolute atomic E-state index is 13.9. The van der Waals surface area contributed by atoms with Crippen molar-refractivity contribution in [1.29, 1.82) is 0 Å². The van der Waals surface area contributed by atoms with Crippen LogP contribution in [0.5, 0.6) is 0 Å². The van der Waals surface area contributed by atoms with Gasteiger partial charge in [0, 0.05) is 26.1 Å². The smallest absolute Gasteiger partial charge is 0.328 e. The van der Waals surface area contributed by atoms with Crippen LogP contribution in [-0.4, -0.2) is 130 Å². The van der Waals surface area contributed by atoms with Crippen molar-refractivity contribution >= 4 is 47.4 Å². The lowest BCUT2D eigenvalue weighted by atomic mass is 10.0. The van der Waals surface area contributed by atoms with Crippen molar-refractivity contribution in [2.45, 2.75) is 108 Å². The van der Waals surface area contributed by atoms with Crippen LogP contribution in [0.25, 0.3) is 0 Å². The Morgan fingerprint density at radius 3 is 2.02 bits per heavy atom. The summed E-state index contributed by atoms with van der Waals surface area (Å²) in [5.74, 6) is -5.38. The topological polar surface area (TPSA) is 319 Å². The Kier molecular flexibility index (Phi) is 16.2. The molecule has 0 aliphatic carbocycles. The minimum atomic E-state index is -1.65. The molecule has 6 atom stereocenters. The lowest BCUT2D eigenvalue weighted by Crippen LogP contribution is -2.59. The molecule has 49 heavy (non-hydrogen) atoms. The quantitative estimate of drug-likeness (QED) is 0.0357. The van der Waals surface area contributed by atoms with E-state index in [-0.39, 0.29) is 57.2 Å². The van der Waals surface area contributed by atoms with Gasteiger partial charge in [-0.2, -0.15) is 0 Å². The predicted octanol–water partition coefficient (Wildman–Crippen LogP) is -3.81. The number of guanidine groups is 1. The van der Waals surface area contributed by atoms with Crippen molar-refractivity contribution in [3.63, 3.8) is 0 Å². The molecule has 0 unspecified atom stereocenters. The number of aliphatic hydroxyl groups excluding tert-OH is 1. The average Bonchev–Trinajstić information content (AvgIpc) is 3.72. The van der Waals surface area contributed by atoms with Gasteiger partial charge in [0.15, 0.2) is 5.96 Å². The average molecular weight is 697 g/mol. The molecule has 276 valence electrons. The van der Waals surface area contributed by atoms with Gasteiger partial charge in [-0.15, -0.1) is 0 Å². The van der Waals surface area contributed by atoms with Crippen LogP contribution < -0.4 is 38.9 Å². The van der Waals surface area contributed by atoms with Gasteiger partial charge < -0.3 is 58.9 Å². The highest BCUT2D eigenvalue weighted by Crippen LogP contribution is 2.26. The molecule has 19 nitrogen and oxygen atoms in total. The number of rotatable bonds is 19. The van der Waals surface area contributed by atoms with Crippen LogP contribution in [0.3, 0.4) is 0 Å². The van der Waals surface area contributed by atoms with Crippen LogP contribution in [0.4, 0.5) is 0 Å². The third kappa shape index (κ3) is 12.5. The third-order valence-corrected chi connectivity index (χ3v) is 8.39. The van der Waals surface area contributed by atoms with E-state index < -0.39 is 84.3 Å². The standard InChI is InChI=1S/C30H52N10O9/c1-16(2)14-17(31)24(43)37-19(6-3-11-35-30(33)34)27(46)40-13-5-8-22(40)28(47)39-12-4-7-21(39)26(45)36-18(9-10-23(32)42)25(44)38-20(15-41)29(48)49/h16-22,41H,3-15,31H2,1-2H3,(H2,32,42)(H,36,45)(H,37,43)(H,38,44)(H,48,49)(H4,33,34,35)/t17-,18-,19-,20-,21-,22-/m0/s1. The minimum absolute atomic E-state index is 0.116. The van der Waals surface area contributed by atoms with Crippen LogP contribution in [-0.2, 0) is 33.6 Å². The van der Waals surface area contributed by atoms with Gasteiger partial charge in [0.25, 0.3) is 0 Å². The molecule has 19 heteroatoms. The first-order valence-corrected chi connectivity index (χ1v) is 16.5. The summed E-state index contributed by atoms with van der Waals surface area (Å²) < 4.78 is 0. The molecule has 2 aliphatic rings. The molecule has 0 aromatic heterocycles. The van der Waals surface area contributed by atoms with E-state index in [1.54, 1.807) is 0 Å². The Morgan fingerprint density at radius 1 is 0.837 bits per heavy atom. The normalized spacial score (nSPS) is 19.8. The van der Waals surface area contributed by atoms with E-state index in [1.165, 1.54) is 9.80 Å². The van der Waals surface area contributed by atoms with Gasteiger partial charge in [0.2, 0.25) is 35.4 Å². The van der Waals surface area contributed by atoms with E-state index in [1.807, 2.05) is 13.8 Å². The summed E-state index contributed by atoms with van der Waals surface area (Å²) in [4.78, 5) is 96.5. The summed E-state index contributed by atoms with van der Waals surface area (Å²) in [6.45, 7) is 3.57. The van der Waals surface area contributed by atoms with Crippen LogP contribution in [0, 0.1) is 5.92 Å². The van der Waals surface area contributed by atoms with E-state index >= 15 is 0 Å². The molecule has 0 saturated carbocycles. The number of amides is 6. The number of primary amides is 1. The van der Waals surface area contributed by atoms with Gasteiger partial charge in [-0.25, -0.2) is 4.79 Å². The van der Waals surface area contributed by atoms with E-state index in [4.69, 9.17) is 22.9 Å². The molecule has 0 aromatic rings. The van der Waals surface area contributed by atoms with Crippen molar-refractivity contribution in [1.82, 2.24) is 25.8 Å². The fraction of sp³-hybridized carbons (Fsp3) is 0.733. The summed E-state index contributed by atoms with van der Waals surface area (Å²) in [7, 11) is 0. The number of aliphatic hydroxyl groups is 1. The van der Waals surface area contributed by atoms with Gasteiger partial charge in [0.1, 0.15) is 30.2 Å². The monoisotopic (exact) mass is 696 g/mol. The Labute approximate surface area is 284 Å². The second-order valence-corrected chi connectivity index (χ2v) is 12.8. The molecular weight excluding hydrogens is 644 g/mol. The fourth-order valence-corrected chi connectivity index (χ4v) is 5.92. The van der Waals surface area contributed by atoms with Gasteiger partial charge >= 0.3 is 5.97 Å². The van der Waals surface area contributed by atoms with Crippen LogP contribution in [0.1, 0.15) is 71.6 Å². The minimum Gasteiger partial charge on any atom is -0.480 e. The molecule has 2 aliphatic heterocycles. The summed E-state index contributed by atoms with van der Waals surface area (Å²) in [5, 5.41) is 25.8. The highest BCUT2D eigenvalue weighted by atomic mass is 16.4. The number of carboxylic acid groups (broad SMARTS) is 1. The number of carboxylic acids is 1. The molecule has 2 fully saturated rings. The van der Waals surface area contributed by atoms with E-state index in [0.717, 1.165) is 0 Å². The number of carbonyl (C=O) groups excluding carboxylic acids is 6. The summed E-state index contributed by atoms with van der Waals surface area (Å²) in [5.41, 5.74) is 22.1. The molecule has 2 rings (SSSR count). The van der Waals surface area contributed by atoms with Crippen LogP contribution >= 0.6 is 0 Å². The highest BCUT2D eigenvalue weighted by Gasteiger charge is 2.44. The van der Waals surface area contributed by atoms with Gasteiger partial charge in [-0.1, -0.05) is 13.8 Å². The number of hydrogen-bond donors (Lipinski definition) is 9. The first-order chi connectivity index (χ1) is 23.1. The summed E-state index contributed by atoms with van der Waals surface area (Å²) in [6, 6.07) is -6.84. The molecule has 0 aromatic carbocycles. The first kappa shape index (κ1) is 40.7. The van der Waals surface area contributed by atoms with Crippen molar-refractivity contribution < 1.29 is 43.8 Å². The van der Waals surface area contributed by atoms with Gasteiger partial charge in [-0.3, -0.25) is 33.8 Å². The Morgan fingerprint density at radius 2 is 1.45 bits per heavy atom. The number of hydrogen-bond acceptors (Lipinski definition) is 10. The number of nitrogens with one attached hydrogen (secondary N) is 3. The number of nitrogens with two attached hydrogens (primary N) is 4. The van der Waals surface area contributed by atoms with E-state index in [9.17, 15) is 43.8 Å². The number of aliphatic imine (C=N–C) groups is 1. The Hall–Kier alpha value is -4.52. The summed E-state index contributed by atoms with van der Waals surface area (Å²) in [6.07, 6.45) is 1.87. The number of nitrogens with zero attached hydrogens (tertiary/aromatic N) is 3. The molecule has 6 amide bonds. The van der Waals surface area contributed by atoms with Crippen LogP contribution in [0.2, 0.25) is 0 Å². The molecular formula is C30H52N10O9. The SMILES string of the molecule is CC(C)C[C@H](N)C(=O)N[C@@H](CCCN=C(N)N)C(=O)N1CCC[C@H]1C(=O)N1CCC[C@H]1C(=O)N[C@@H](CCC(N)=O)C(=O)N[C@@H](CO)C(=O)O. The van der Waals surface area contributed by atoms with E-state index in [2.05, 4.69) is 20.9 Å². The Balaban J connectivity index is 2.22. The zero-order valence-electron chi connectivity index (χ0n) is 28.1. The molecule has 2 heterocycles. The molecule has 0 spiro atoms. The molecule has 0 radical (unpaired) electrons. The predicted molar refractivity (Wildman–Crippen MR) is 176 cm³/mol. The molecule has 13 N–H and O–H groups in total. The second-order valence-electron chi connectivity index (χ2n) is 12.8. The zero-order valence-corrected chi connectivity index (χ0v) is 28.1. The highest BCUT2D eigenvalue weighted by molar-refractivity contribution is 5.97. The molecule has 0 bridgehead atoms. The maximum atomic E-state index is 13.9. The van der Waals surface area contributed by atoms with E-state index in [0.29, 0.717) is 32.1 Å². The largest absolute Gasteiger partial charge is 0.480 e. The number of likely N-dealkylation sites (tertiary alicyclic amines) is 2. The van der Waals surface area contributed by atoms with Gasteiger partial charge in [-0.05, 0) is 57.3 Å². The lowest BCUT2D eigenvalue weighted by Gasteiger charge is -2.33. The van der Waals surface area contributed by atoms with Crippen molar-refractivity contribution in [2.24, 2.45) is 33.8 Å². The second kappa shape index (κ2) is 19.5. The first-order valence-electron chi connectivity index (χ1n) is 16.5. The Bertz CT molecular complexity index is 1240. The zero-order chi connectivity index (χ0) is 36.8. The van der Waals surface area contributed by atoms with Crippen molar-refractivity contribution in [3.05, 3.63) is 0 Å². The number of carbonyl (C=O) groups is 7. The third-order valence-electron chi connectivity index (χ3n) is 8.39. The molecule has 2 saturated heterocycles. The van der Waals surface area contributed by atoms with Crippen LogP contribution in [0.15, 0.2) is 4.99 Å². The van der Waals surface area contributed by atoms with Gasteiger partial charge in [0.05, 0.1) is 12.6 Å². The number of aliphatic carboxylic acids is 1. The van der Waals surface area contributed by atoms with Crippen molar-refractivity contribution in [2.75, 3.05) is 26.2 Å². The lowest BCUT2D eigenvalue weighted by molar-refractivity contribution is -0.148. The fourth-order valence-electron chi connectivity index (χ4n) is 5.92. The summed E-state index contributed by atoms with van der Waals surface area (Å²) >= 11 is 0.